The first-order chi connectivity index (χ1) is 15.9. The summed E-state index contributed by atoms with van der Waals surface area (Å²) in [5.41, 5.74) is 4.44. The molecule has 4 aromatic carbocycles. The van der Waals surface area contributed by atoms with Crippen molar-refractivity contribution in [3.05, 3.63) is 134 Å². The number of hydrogen-bond donors (Lipinski definition) is 0. The van der Waals surface area contributed by atoms with Crippen LogP contribution in [0.5, 0.6) is 0 Å². The second-order valence-electron chi connectivity index (χ2n) is 7.49. The van der Waals surface area contributed by atoms with E-state index in [-0.39, 0.29) is 19.5 Å². The molecule has 0 aliphatic heterocycles. The molecule has 0 aliphatic rings. The summed E-state index contributed by atoms with van der Waals surface area (Å²) in [4.78, 5) is 8.95. The fourth-order valence-corrected chi connectivity index (χ4v) is 3.89. The van der Waals surface area contributed by atoms with Gasteiger partial charge in [0, 0.05) is 53.8 Å². The molecule has 6 rings (SSSR count). The topological polar surface area (TPSA) is 25.8 Å². The van der Waals surface area contributed by atoms with Crippen LogP contribution in [0.25, 0.3) is 44.1 Å². The molecule has 3 heteroatoms. The van der Waals surface area contributed by atoms with E-state index < -0.39 is 0 Å². The number of aromatic nitrogens is 2. The van der Waals surface area contributed by atoms with Crippen LogP contribution in [0.15, 0.2) is 134 Å². The zero-order chi connectivity index (χ0) is 21.6. The van der Waals surface area contributed by atoms with Gasteiger partial charge >= 0.3 is 0 Å². The van der Waals surface area contributed by atoms with Gasteiger partial charge in [0.1, 0.15) is 0 Å². The average molecular weight is 512 g/mol. The van der Waals surface area contributed by atoms with Gasteiger partial charge in [0.05, 0.1) is 11.4 Å². The van der Waals surface area contributed by atoms with Crippen molar-refractivity contribution >= 4 is 21.5 Å². The molecule has 2 nitrogen and oxygen atoms in total. The van der Waals surface area contributed by atoms with Crippen LogP contribution in [0, 0.1) is 0 Å². The normalized spacial score (nSPS) is 10.2. The van der Waals surface area contributed by atoms with Crippen molar-refractivity contribution in [1.82, 2.24) is 9.97 Å². The third-order valence-electron chi connectivity index (χ3n) is 5.44. The van der Waals surface area contributed by atoms with E-state index in [9.17, 15) is 0 Å². The van der Waals surface area contributed by atoms with E-state index in [2.05, 4.69) is 82.8 Å². The molecule has 2 aromatic heterocycles. The number of pyridine rings is 2. The van der Waals surface area contributed by atoms with Gasteiger partial charge in [-0.25, -0.2) is 0 Å². The molecule has 0 aliphatic carbocycles. The molecule has 0 N–H and O–H groups in total. The minimum atomic E-state index is 0. The molecule has 0 fully saturated rings. The number of benzene rings is 4. The number of rotatable bonds is 2. The quantitative estimate of drug-likeness (QED) is 0.222. The largest absolute Gasteiger partial charge is 0.256 e. The third kappa shape index (κ3) is 5.05. The fourth-order valence-electron chi connectivity index (χ4n) is 3.89. The molecule has 0 spiro atoms. The van der Waals surface area contributed by atoms with Gasteiger partial charge in [-0.1, -0.05) is 109 Å². The predicted octanol–water partition coefficient (Wildman–Crippen LogP) is 7.80. The summed E-state index contributed by atoms with van der Waals surface area (Å²) < 4.78 is 0. The predicted molar refractivity (Wildman–Crippen MR) is 134 cm³/mol. The second kappa shape index (κ2) is 10.8. The smallest absolute Gasteiger partial charge is 0.0780 e. The van der Waals surface area contributed by atoms with E-state index in [0.29, 0.717) is 0 Å². The maximum Gasteiger partial charge on any atom is 0.0780 e. The maximum atomic E-state index is 4.48. The molecular weight excluding hydrogens is 489 g/mol. The molecule has 33 heavy (non-hydrogen) atoms. The minimum Gasteiger partial charge on any atom is -0.256 e. The van der Waals surface area contributed by atoms with Crippen LogP contribution in [-0.2, 0) is 19.5 Å². The summed E-state index contributed by atoms with van der Waals surface area (Å²) in [5, 5.41) is 4.88. The van der Waals surface area contributed by atoms with Crippen LogP contribution in [0.3, 0.4) is 0 Å². The van der Waals surface area contributed by atoms with Gasteiger partial charge in [0.25, 0.3) is 0 Å². The molecule has 6 aromatic rings. The van der Waals surface area contributed by atoms with E-state index >= 15 is 0 Å². The van der Waals surface area contributed by atoms with E-state index in [1.165, 1.54) is 32.7 Å². The van der Waals surface area contributed by atoms with Crippen LogP contribution in [0.2, 0.25) is 0 Å². The van der Waals surface area contributed by atoms with Crippen LogP contribution in [0.4, 0.5) is 0 Å². The standard InChI is InChI=1S/2C15H11N.Ru/c2*1-2-7-13(8-3-1)15-14-9-5-4-6-12(14)10-11-16-15;/h2*1-11H;. The zero-order valence-electron chi connectivity index (χ0n) is 17.9. The van der Waals surface area contributed by atoms with Crippen LogP contribution in [0.1, 0.15) is 0 Å². The van der Waals surface area contributed by atoms with Crippen LogP contribution >= 0.6 is 0 Å². The molecule has 0 bridgehead atoms. The van der Waals surface area contributed by atoms with Crippen molar-refractivity contribution in [3.63, 3.8) is 0 Å². The Kier molecular flexibility index (Phi) is 7.34. The molecule has 0 saturated carbocycles. The van der Waals surface area contributed by atoms with Crippen LogP contribution < -0.4 is 0 Å². The number of hydrogen-bond acceptors (Lipinski definition) is 2. The Morgan fingerprint density at radius 1 is 0.364 bits per heavy atom. The van der Waals surface area contributed by atoms with Gasteiger partial charge in [-0.15, -0.1) is 0 Å². The van der Waals surface area contributed by atoms with E-state index in [0.717, 1.165) is 11.4 Å². The van der Waals surface area contributed by atoms with Gasteiger partial charge in [0.15, 0.2) is 0 Å². The van der Waals surface area contributed by atoms with Crippen molar-refractivity contribution in [2.45, 2.75) is 0 Å². The summed E-state index contributed by atoms with van der Waals surface area (Å²) in [6.45, 7) is 0. The molecular formula is C30H22N2Ru. The Morgan fingerprint density at radius 2 is 0.727 bits per heavy atom. The Bertz CT molecular complexity index is 1340. The van der Waals surface area contributed by atoms with Crippen molar-refractivity contribution in [2.24, 2.45) is 0 Å². The number of nitrogens with zero attached hydrogens (tertiary/aromatic N) is 2. The summed E-state index contributed by atoms with van der Waals surface area (Å²) in [7, 11) is 0. The Hall–Kier alpha value is -3.68. The summed E-state index contributed by atoms with van der Waals surface area (Å²) in [6.07, 6.45) is 3.73. The molecule has 160 valence electrons. The summed E-state index contributed by atoms with van der Waals surface area (Å²) in [6, 6.07) is 41.3. The monoisotopic (exact) mass is 512 g/mol. The van der Waals surface area contributed by atoms with E-state index in [1.54, 1.807) is 0 Å². The molecule has 0 amide bonds. The molecule has 0 unspecified atom stereocenters. The van der Waals surface area contributed by atoms with Gasteiger partial charge in [0.2, 0.25) is 0 Å². The van der Waals surface area contributed by atoms with Gasteiger partial charge in [-0.05, 0) is 22.9 Å². The fraction of sp³-hybridized carbons (Fsp3) is 0. The molecule has 0 radical (unpaired) electrons. The average Bonchev–Trinajstić information content (AvgIpc) is 2.89. The second-order valence-corrected chi connectivity index (χ2v) is 7.49. The third-order valence-corrected chi connectivity index (χ3v) is 5.44. The van der Waals surface area contributed by atoms with Crippen molar-refractivity contribution < 1.29 is 19.5 Å². The summed E-state index contributed by atoms with van der Waals surface area (Å²) in [5.74, 6) is 0. The minimum absolute atomic E-state index is 0. The number of fused-ring (bicyclic) bond motifs is 2. The van der Waals surface area contributed by atoms with E-state index in [1.807, 2.05) is 60.9 Å². The zero-order valence-corrected chi connectivity index (χ0v) is 19.7. The Morgan fingerprint density at radius 3 is 1.15 bits per heavy atom. The first-order valence-corrected chi connectivity index (χ1v) is 10.7. The van der Waals surface area contributed by atoms with Gasteiger partial charge in [-0.2, -0.15) is 0 Å². The Balaban J connectivity index is 0.000000152. The van der Waals surface area contributed by atoms with Gasteiger partial charge < -0.3 is 0 Å². The molecule has 0 atom stereocenters. The van der Waals surface area contributed by atoms with E-state index in [4.69, 9.17) is 0 Å². The molecule has 0 saturated heterocycles. The first-order valence-electron chi connectivity index (χ1n) is 10.7. The SMILES string of the molecule is [Ru].c1ccc(-c2nccc3ccccc23)cc1.c1ccc(-c2nccc3ccccc23)cc1. The van der Waals surface area contributed by atoms with Crippen molar-refractivity contribution in [3.8, 4) is 22.5 Å². The Labute approximate surface area is 206 Å². The first kappa shape index (κ1) is 22.5. The molecule has 2 heterocycles. The van der Waals surface area contributed by atoms with Crippen molar-refractivity contribution in [1.29, 1.82) is 0 Å². The summed E-state index contributed by atoms with van der Waals surface area (Å²) >= 11 is 0. The van der Waals surface area contributed by atoms with Gasteiger partial charge in [-0.3, -0.25) is 9.97 Å². The van der Waals surface area contributed by atoms with Crippen LogP contribution in [-0.4, -0.2) is 9.97 Å². The van der Waals surface area contributed by atoms with Crippen molar-refractivity contribution in [2.75, 3.05) is 0 Å². The maximum absolute atomic E-state index is 4.48.